The molecule has 3 fully saturated rings. The Balaban J connectivity index is 0.942. The maximum Gasteiger partial charge on any atom is 0.407 e. The van der Waals surface area contributed by atoms with Gasteiger partial charge in [0.05, 0.1) is 54.9 Å². The molecule has 9 rings (SSSR count). The van der Waals surface area contributed by atoms with Crippen LogP contribution in [0.1, 0.15) is 93.1 Å². The van der Waals surface area contributed by atoms with Crippen molar-refractivity contribution >= 4 is 35.0 Å². The molecule has 5 heterocycles. The van der Waals surface area contributed by atoms with E-state index in [2.05, 4.69) is 67.8 Å². The Hall–Kier alpha value is -6.25. The van der Waals surface area contributed by atoms with Crippen LogP contribution in [-0.2, 0) is 25.5 Å². The predicted octanol–water partition coefficient (Wildman–Crippen LogP) is 6.80. The molecule has 0 bridgehead atoms. The Morgan fingerprint density at radius 1 is 0.817 bits per heavy atom. The summed E-state index contributed by atoms with van der Waals surface area (Å²) in [6, 6.07) is 13.9. The van der Waals surface area contributed by atoms with Crippen LogP contribution in [0.3, 0.4) is 0 Å². The lowest BCUT2D eigenvalue weighted by molar-refractivity contribution is -0.135. The highest BCUT2D eigenvalue weighted by Gasteiger charge is 2.42. The minimum atomic E-state index is -0.693. The summed E-state index contributed by atoms with van der Waals surface area (Å²) in [7, 11) is 2.57. The topological polar surface area (TPSA) is 188 Å². The Kier molecular flexibility index (Phi) is 10.5. The average molecular weight is 814 g/mol. The number of pyridine rings is 1. The first-order valence-electron chi connectivity index (χ1n) is 21.1. The first-order valence-corrected chi connectivity index (χ1v) is 21.1. The summed E-state index contributed by atoms with van der Waals surface area (Å²) in [6.07, 6.45) is 9.17. The normalized spacial score (nSPS) is 21.1. The van der Waals surface area contributed by atoms with Crippen LogP contribution in [0.4, 0.5) is 9.59 Å². The highest BCUT2D eigenvalue weighted by molar-refractivity contribution is 5.87. The summed E-state index contributed by atoms with van der Waals surface area (Å²) in [5, 5.41) is 5.21. The highest BCUT2D eigenvalue weighted by atomic mass is 16.5. The Labute approximate surface area is 348 Å². The van der Waals surface area contributed by atoms with Gasteiger partial charge >= 0.3 is 12.2 Å². The summed E-state index contributed by atoms with van der Waals surface area (Å²) in [4.78, 5) is 75.5. The van der Waals surface area contributed by atoms with E-state index in [1.54, 1.807) is 11.1 Å². The van der Waals surface area contributed by atoms with Crippen LogP contribution in [0.15, 0.2) is 54.9 Å². The number of fused-ring (bicyclic) bond motifs is 4. The summed E-state index contributed by atoms with van der Waals surface area (Å²) in [6.45, 7) is 4.90. The summed E-state index contributed by atoms with van der Waals surface area (Å²) < 4.78 is 9.41. The quantitative estimate of drug-likeness (QED) is 0.118. The predicted molar refractivity (Wildman–Crippen MR) is 223 cm³/mol. The minimum Gasteiger partial charge on any atom is -0.453 e. The fourth-order valence-electron chi connectivity index (χ4n) is 9.84. The van der Waals surface area contributed by atoms with Gasteiger partial charge in [-0.25, -0.2) is 19.6 Å². The number of hydrogen-bond donors (Lipinski definition) is 4. The molecule has 60 heavy (non-hydrogen) atoms. The van der Waals surface area contributed by atoms with Crippen molar-refractivity contribution in [2.45, 2.75) is 82.8 Å². The van der Waals surface area contributed by atoms with Crippen molar-refractivity contribution < 1.29 is 28.7 Å². The lowest BCUT2D eigenvalue weighted by Crippen LogP contribution is -2.51. The van der Waals surface area contributed by atoms with E-state index in [9.17, 15) is 19.2 Å². The zero-order valence-corrected chi connectivity index (χ0v) is 34.4. The monoisotopic (exact) mass is 813 g/mol. The molecule has 1 saturated carbocycles. The zero-order valence-electron chi connectivity index (χ0n) is 34.4. The minimum absolute atomic E-state index is 0.109. The number of ether oxygens (including phenoxy) is 2. The van der Waals surface area contributed by atoms with Crippen LogP contribution in [0.25, 0.3) is 44.7 Å². The van der Waals surface area contributed by atoms with Crippen molar-refractivity contribution in [3.8, 4) is 33.6 Å². The number of H-pyrrole nitrogens is 2. The molecule has 0 radical (unpaired) electrons. The molecule has 15 heteroatoms. The van der Waals surface area contributed by atoms with E-state index in [-0.39, 0.29) is 36.4 Å². The standard InChI is InChI=1S/C45H51N9O6/c1-24(2)40(52-45(58)60-4)43(56)54-18-6-7-36(54)41-47-22-35(51-41)27-11-15-32(46-21-27)30-14-13-28(31-19-25-9-12-29(25)39(30)31)26-10-16-33-34(20-26)50-42(49-33)37-8-5-17-53(37)38(55)23-48-44(57)59-3/h10-11,13-16,20-22,24-25,29,36-37,40H,5-9,12,17-19,23H2,1-4H3,(H,47,51)(H,48,57)(H,49,50)(H,52,58)/t25?,29?,36-,37?,40?/m0/s1. The van der Waals surface area contributed by atoms with E-state index in [1.165, 1.54) is 49.3 Å². The van der Waals surface area contributed by atoms with Crippen LogP contribution in [-0.4, -0.2) is 98.6 Å². The molecule has 4 N–H and O–H groups in total. The highest BCUT2D eigenvalue weighted by Crippen LogP contribution is 2.56. The second kappa shape index (κ2) is 16.1. The number of likely N-dealkylation sites (tertiary alicyclic amines) is 2. The smallest absolute Gasteiger partial charge is 0.407 e. The number of imidazole rings is 2. The van der Waals surface area contributed by atoms with Crippen molar-refractivity contribution in [3.05, 3.63) is 77.6 Å². The third kappa shape index (κ3) is 7.13. The zero-order chi connectivity index (χ0) is 41.7. The van der Waals surface area contributed by atoms with Crippen LogP contribution < -0.4 is 10.6 Å². The number of nitrogens with one attached hydrogen (secondary N) is 4. The average Bonchev–Trinajstić information content (AvgIpc) is 4.10. The van der Waals surface area contributed by atoms with Crippen LogP contribution in [0, 0.1) is 11.8 Å². The molecular formula is C45H51N9O6. The Bertz CT molecular complexity index is 2460. The molecule has 0 spiro atoms. The lowest BCUT2D eigenvalue weighted by Gasteiger charge is -2.31. The molecule has 5 atom stereocenters. The molecule has 5 aromatic rings. The maximum atomic E-state index is 13.6. The number of carbonyl (C=O) groups excluding carboxylic acids is 4. The number of benzene rings is 2. The second-order valence-electron chi connectivity index (χ2n) is 16.8. The van der Waals surface area contributed by atoms with Crippen LogP contribution >= 0.6 is 0 Å². The van der Waals surface area contributed by atoms with Crippen molar-refractivity contribution in [3.63, 3.8) is 0 Å². The molecule has 4 amide bonds. The number of nitrogens with zero attached hydrogens (tertiary/aromatic N) is 5. The Morgan fingerprint density at radius 2 is 1.57 bits per heavy atom. The summed E-state index contributed by atoms with van der Waals surface area (Å²) in [5.74, 6) is 2.22. The summed E-state index contributed by atoms with van der Waals surface area (Å²) >= 11 is 0. The molecule has 312 valence electrons. The van der Waals surface area contributed by atoms with Crippen molar-refractivity contribution in [1.29, 1.82) is 0 Å². The van der Waals surface area contributed by atoms with E-state index in [4.69, 9.17) is 19.7 Å². The van der Waals surface area contributed by atoms with Gasteiger partial charge in [-0.3, -0.25) is 14.6 Å². The molecular weight excluding hydrogens is 763 g/mol. The lowest BCUT2D eigenvalue weighted by atomic mass is 9.73. The fourth-order valence-corrected chi connectivity index (χ4v) is 9.84. The third-order valence-corrected chi connectivity index (χ3v) is 13.1. The van der Waals surface area contributed by atoms with E-state index in [0.29, 0.717) is 24.9 Å². The molecule has 3 aromatic heterocycles. The number of alkyl carbamates (subject to hydrolysis) is 2. The first kappa shape index (κ1) is 39.2. The van der Waals surface area contributed by atoms with Gasteiger partial charge in [-0.2, -0.15) is 0 Å². The van der Waals surface area contributed by atoms with Crippen LogP contribution in [0.2, 0.25) is 0 Å². The number of carbonyl (C=O) groups is 4. The first-order chi connectivity index (χ1) is 29.1. The van der Waals surface area contributed by atoms with Gasteiger partial charge in [-0.15, -0.1) is 0 Å². The largest absolute Gasteiger partial charge is 0.453 e. The molecule has 4 aliphatic rings. The van der Waals surface area contributed by atoms with Crippen molar-refractivity contribution in [1.82, 2.24) is 45.4 Å². The maximum absolute atomic E-state index is 13.6. The van der Waals surface area contributed by atoms with Gasteiger partial charge in [0.2, 0.25) is 11.8 Å². The molecule has 2 aliphatic carbocycles. The molecule has 4 unspecified atom stereocenters. The van der Waals surface area contributed by atoms with Gasteiger partial charge in [-0.1, -0.05) is 32.0 Å². The number of methoxy groups -OCH3 is 2. The van der Waals surface area contributed by atoms with Crippen molar-refractivity contribution in [2.75, 3.05) is 33.9 Å². The SMILES string of the molecule is COC(=O)NCC(=O)N1CCCC1c1nc2ccc(-c3ccc(-c4ccc(-c5cnc([C@@H]6CCCN6C(=O)C(NC(=O)OC)C(C)C)[nH]5)cn4)c4c3CC3CCC43)cc2[nH]1. The van der Waals surface area contributed by atoms with E-state index in [0.717, 1.165) is 77.3 Å². The van der Waals surface area contributed by atoms with Gasteiger partial charge in [-0.05, 0) is 109 Å². The molecule has 15 nitrogen and oxygen atoms in total. The van der Waals surface area contributed by atoms with Gasteiger partial charge in [0.25, 0.3) is 0 Å². The van der Waals surface area contributed by atoms with E-state index < -0.39 is 18.2 Å². The van der Waals surface area contributed by atoms with Gasteiger partial charge in [0.1, 0.15) is 24.2 Å². The molecule has 2 aliphatic heterocycles. The van der Waals surface area contributed by atoms with Crippen molar-refractivity contribution in [2.24, 2.45) is 11.8 Å². The Morgan fingerprint density at radius 3 is 2.28 bits per heavy atom. The number of aromatic amines is 2. The number of hydrogen-bond acceptors (Lipinski definition) is 9. The second-order valence-corrected chi connectivity index (χ2v) is 16.8. The number of amides is 4. The van der Waals surface area contributed by atoms with E-state index in [1.807, 2.05) is 24.9 Å². The van der Waals surface area contributed by atoms with Gasteiger partial charge in [0.15, 0.2) is 0 Å². The van der Waals surface area contributed by atoms with Crippen LogP contribution in [0.5, 0.6) is 0 Å². The summed E-state index contributed by atoms with van der Waals surface area (Å²) in [5.41, 5.74) is 10.8. The number of rotatable bonds is 10. The van der Waals surface area contributed by atoms with Gasteiger partial charge < -0.3 is 39.9 Å². The molecule has 2 aromatic carbocycles. The van der Waals surface area contributed by atoms with E-state index >= 15 is 0 Å². The number of aromatic nitrogens is 5. The van der Waals surface area contributed by atoms with Gasteiger partial charge in [0, 0.05) is 30.4 Å². The fraction of sp³-hybridized carbons (Fsp3) is 0.444. The third-order valence-electron chi connectivity index (χ3n) is 13.1. The molecule has 2 saturated heterocycles.